The Hall–Kier alpha value is -1.35. The first kappa shape index (κ1) is 9.85. The van der Waals surface area contributed by atoms with E-state index in [4.69, 9.17) is 4.74 Å². The fourth-order valence-corrected chi connectivity index (χ4v) is 2.30. The van der Waals surface area contributed by atoms with Crippen molar-refractivity contribution >= 4 is 5.52 Å². The molecular formula is C13H16N2O. The lowest BCUT2D eigenvalue weighted by molar-refractivity contribution is 0.185. The van der Waals surface area contributed by atoms with Crippen molar-refractivity contribution in [3.8, 4) is 0 Å². The van der Waals surface area contributed by atoms with E-state index in [0.717, 1.165) is 25.5 Å². The largest absolute Gasteiger partial charge is 0.381 e. The van der Waals surface area contributed by atoms with Crippen LogP contribution in [-0.4, -0.2) is 22.6 Å². The maximum atomic E-state index is 5.40. The molecule has 0 bridgehead atoms. The van der Waals surface area contributed by atoms with Gasteiger partial charge in [-0.15, -0.1) is 0 Å². The fourth-order valence-electron chi connectivity index (χ4n) is 2.30. The zero-order valence-electron chi connectivity index (χ0n) is 9.52. The minimum Gasteiger partial charge on any atom is -0.381 e. The number of aryl methyl sites for hydroxylation is 1. The van der Waals surface area contributed by atoms with E-state index in [1.807, 2.05) is 6.20 Å². The molecule has 0 saturated carbocycles. The average molecular weight is 216 g/mol. The Balaban J connectivity index is 1.93. The summed E-state index contributed by atoms with van der Waals surface area (Å²) >= 11 is 0. The van der Waals surface area contributed by atoms with Crippen LogP contribution in [-0.2, 0) is 11.2 Å². The van der Waals surface area contributed by atoms with Crippen molar-refractivity contribution in [3.05, 3.63) is 35.9 Å². The van der Waals surface area contributed by atoms with Crippen molar-refractivity contribution in [2.24, 2.45) is 5.92 Å². The number of hydrogen-bond donors (Lipinski definition) is 0. The Morgan fingerprint density at radius 3 is 3.25 bits per heavy atom. The Bertz CT molecular complexity index is 498. The molecule has 1 saturated heterocycles. The molecule has 1 atom stereocenters. The molecule has 0 amide bonds. The van der Waals surface area contributed by atoms with Crippen molar-refractivity contribution in [3.63, 3.8) is 0 Å². The van der Waals surface area contributed by atoms with Gasteiger partial charge in [0.2, 0.25) is 0 Å². The van der Waals surface area contributed by atoms with Gasteiger partial charge in [0.15, 0.2) is 0 Å². The summed E-state index contributed by atoms with van der Waals surface area (Å²) in [6.45, 7) is 3.91. The highest BCUT2D eigenvalue weighted by Gasteiger charge is 2.18. The van der Waals surface area contributed by atoms with Gasteiger partial charge in [0.05, 0.1) is 11.7 Å². The number of imidazole rings is 1. The predicted octanol–water partition coefficient (Wildman–Crippen LogP) is 2.22. The maximum absolute atomic E-state index is 5.40. The topological polar surface area (TPSA) is 26.5 Å². The standard InChI is InChI=1S/C13H16N2O/c1-10-2-3-12-7-14-13(15(12)8-10)6-11-4-5-16-9-11/h2-3,7-8,11H,4-6,9H2,1H3. The van der Waals surface area contributed by atoms with Crippen molar-refractivity contribution in [2.75, 3.05) is 13.2 Å². The summed E-state index contributed by atoms with van der Waals surface area (Å²) in [5.74, 6) is 1.81. The Morgan fingerprint density at radius 2 is 2.44 bits per heavy atom. The molecule has 84 valence electrons. The Kier molecular flexibility index (Phi) is 2.40. The molecule has 1 aliphatic rings. The lowest BCUT2D eigenvalue weighted by Gasteiger charge is -2.06. The molecule has 2 aromatic heterocycles. The van der Waals surface area contributed by atoms with Gasteiger partial charge < -0.3 is 9.14 Å². The van der Waals surface area contributed by atoms with Crippen LogP contribution < -0.4 is 0 Å². The number of fused-ring (bicyclic) bond motifs is 1. The summed E-state index contributed by atoms with van der Waals surface area (Å²) in [7, 11) is 0. The minimum absolute atomic E-state index is 0.645. The summed E-state index contributed by atoms with van der Waals surface area (Å²) < 4.78 is 7.61. The quantitative estimate of drug-likeness (QED) is 0.769. The van der Waals surface area contributed by atoms with Crippen LogP contribution in [0.1, 0.15) is 17.8 Å². The monoisotopic (exact) mass is 216 g/mol. The van der Waals surface area contributed by atoms with Crippen LogP contribution in [0.4, 0.5) is 0 Å². The van der Waals surface area contributed by atoms with E-state index in [0.29, 0.717) is 5.92 Å². The SMILES string of the molecule is Cc1ccc2cnc(CC3CCOC3)n2c1. The number of aromatic nitrogens is 2. The van der Waals surface area contributed by atoms with Crippen molar-refractivity contribution in [1.29, 1.82) is 0 Å². The van der Waals surface area contributed by atoms with E-state index in [9.17, 15) is 0 Å². The summed E-state index contributed by atoms with van der Waals surface area (Å²) in [6.07, 6.45) is 6.30. The molecule has 3 nitrogen and oxygen atoms in total. The summed E-state index contributed by atoms with van der Waals surface area (Å²) in [5, 5.41) is 0. The molecular weight excluding hydrogens is 200 g/mol. The van der Waals surface area contributed by atoms with Crippen molar-refractivity contribution < 1.29 is 4.74 Å². The zero-order valence-corrected chi connectivity index (χ0v) is 9.52. The van der Waals surface area contributed by atoms with E-state index in [2.05, 4.69) is 34.6 Å². The smallest absolute Gasteiger partial charge is 0.113 e. The highest BCUT2D eigenvalue weighted by Crippen LogP contribution is 2.18. The first-order chi connectivity index (χ1) is 7.83. The molecule has 3 heterocycles. The highest BCUT2D eigenvalue weighted by atomic mass is 16.5. The summed E-state index contributed by atoms with van der Waals surface area (Å²) in [6, 6.07) is 4.25. The van der Waals surface area contributed by atoms with Gasteiger partial charge in [-0.25, -0.2) is 4.98 Å². The molecule has 16 heavy (non-hydrogen) atoms. The van der Waals surface area contributed by atoms with E-state index >= 15 is 0 Å². The lowest BCUT2D eigenvalue weighted by atomic mass is 10.1. The van der Waals surface area contributed by atoms with Crippen LogP contribution in [0.2, 0.25) is 0 Å². The van der Waals surface area contributed by atoms with Crippen LogP contribution in [0.15, 0.2) is 24.5 Å². The Morgan fingerprint density at radius 1 is 1.50 bits per heavy atom. The molecule has 0 radical (unpaired) electrons. The molecule has 2 aromatic rings. The number of rotatable bonds is 2. The van der Waals surface area contributed by atoms with Crippen molar-refractivity contribution in [1.82, 2.24) is 9.38 Å². The van der Waals surface area contributed by atoms with Crippen LogP contribution in [0.5, 0.6) is 0 Å². The zero-order chi connectivity index (χ0) is 11.0. The molecule has 0 spiro atoms. The summed E-state index contributed by atoms with van der Waals surface area (Å²) in [4.78, 5) is 4.51. The lowest BCUT2D eigenvalue weighted by Crippen LogP contribution is -2.07. The number of nitrogens with zero attached hydrogens (tertiary/aromatic N) is 2. The van der Waals surface area contributed by atoms with Gasteiger partial charge >= 0.3 is 0 Å². The molecule has 0 aromatic carbocycles. The third-order valence-corrected chi connectivity index (χ3v) is 3.25. The van der Waals surface area contributed by atoms with Gasteiger partial charge in [-0.3, -0.25) is 0 Å². The first-order valence-corrected chi connectivity index (χ1v) is 5.83. The number of pyridine rings is 1. The van der Waals surface area contributed by atoms with E-state index in [1.165, 1.54) is 17.5 Å². The Labute approximate surface area is 95.1 Å². The molecule has 0 aliphatic carbocycles. The highest BCUT2D eigenvalue weighted by molar-refractivity contribution is 5.46. The van der Waals surface area contributed by atoms with Gasteiger partial charge in [0, 0.05) is 25.8 Å². The van der Waals surface area contributed by atoms with Gasteiger partial charge in [-0.2, -0.15) is 0 Å². The third kappa shape index (κ3) is 1.71. The second-order valence-corrected chi connectivity index (χ2v) is 4.61. The second-order valence-electron chi connectivity index (χ2n) is 4.61. The number of hydrogen-bond acceptors (Lipinski definition) is 2. The third-order valence-electron chi connectivity index (χ3n) is 3.25. The normalized spacial score (nSPS) is 20.7. The molecule has 1 aliphatic heterocycles. The van der Waals surface area contributed by atoms with Crippen LogP contribution in [0, 0.1) is 12.8 Å². The van der Waals surface area contributed by atoms with Gasteiger partial charge in [0.25, 0.3) is 0 Å². The molecule has 3 rings (SSSR count). The van der Waals surface area contributed by atoms with Crippen molar-refractivity contribution in [2.45, 2.75) is 19.8 Å². The first-order valence-electron chi connectivity index (χ1n) is 5.83. The predicted molar refractivity (Wildman–Crippen MR) is 62.6 cm³/mol. The van der Waals surface area contributed by atoms with Gasteiger partial charge in [0.1, 0.15) is 5.82 Å². The number of ether oxygens (including phenoxy) is 1. The van der Waals surface area contributed by atoms with Gasteiger partial charge in [-0.1, -0.05) is 6.07 Å². The van der Waals surface area contributed by atoms with Gasteiger partial charge in [-0.05, 0) is 30.9 Å². The van der Waals surface area contributed by atoms with E-state index in [-0.39, 0.29) is 0 Å². The van der Waals surface area contributed by atoms with Crippen LogP contribution >= 0.6 is 0 Å². The van der Waals surface area contributed by atoms with E-state index in [1.54, 1.807) is 0 Å². The molecule has 0 N–H and O–H groups in total. The second kappa shape index (κ2) is 3.91. The maximum Gasteiger partial charge on any atom is 0.113 e. The molecule has 1 fully saturated rings. The minimum atomic E-state index is 0.645. The average Bonchev–Trinajstić information content (AvgIpc) is 2.90. The van der Waals surface area contributed by atoms with Crippen LogP contribution in [0.25, 0.3) is 5.52 Å². The molecule has 1 unspecified atom stereocenters. The van der Waals surface area contributed by atoms with Crippen LogP contribution in [0.3, 0.4) is 0 Å². The molecule has 3 heteroatoms. The fraction of sp³-hybridized carbons (Fsp3) is 0.462. The van der Waals surface area contributed by atoms with E-state index < -0.39 is 0 Å². The summed E-state index contributed by atoms with van der Waals surface area (Å²) in [5.41, 5.74) is 2.45.